The molecule has 1 saturated carbocycles. The van der Waals surface area contributed by atoms with Gasteiger partial charge in [0.25, 0.3) is 0 Å². The lowest BCUT2D eigenvalue weighted by Gasteiger charge is -2.38. The van der Waals surface area contributed by atoms with Gasteiger partial charge in [0, 0.05) is 38.3 Å². The summed E-state index contributed by atoms with van der Waals surface area (Å²) < 4.78 is 18.9. The first kappa shape index (κ1) is 28.4. The van der Waals surface area contributed by atoms with Crippen molar-refractivity contribution in [3.05, 3.63) is 35.6 Å². The van der Waals surface area contributed by atoms with Crippen molar-refractivity contribution < 1.29 is 23.8 Å². The number of nitrogens with zero attached hydrogens (tertiary/aromatic N) is 2. The summed E-state index contributed by atoms with van der Waals surface area (Å²) in [5.41, 5.74) is 0.651. The fourth-order valence-corrected chi connectivity index (χ4v) is 5.69. The van der Waals surface area contributed by atoms with Crippen molar-refractivity contribution >= 4 is 12.1 Å². The SMILES string of the molecule is CCCN(C(=O)OCc1cccc(F)c1)C1CCN(C[C@@H]2CCC(NC(CC(C)C)C(=O)O)C2)CC1. The van der Waals surface area contributed by atoms with Crippen LogP contribution in [0.1, 0.15) is 71.3 Å². The molecule has 0 spiro atoms. The molecule has 36 heavy (non-hydrogen) atoms. The molecule has 1 aliphatic carbocycles. The van der Waals surface area contributed by atoms with Crippen molar-refractivity contribution in [3.8, 4) is 0 Å². The van der Waals surface area contributed by atoms with Gasteiger partial charge in [-0.1, -0.05) is 32.9 Å². The van der Waals surface area contributed by atoms with Gasteiger partial charge in [-0.15, -0.1) is 0 Å². The number of hydrogen-bond acceptors (Lipinski definition) is 5. The van der Waals surface area contributed by atoms with Crippen LogP contribution in [-0.4, -0.2) is 71.3 Å². The zero-order chi connectivity index (χ0) is 26.1. The second kappa shape index (κ2) is 13.9. The molecule has 1 amide bonds. The van der Waals surface area contributed by atoms with Crippen LogP contribution in [0.3, 0.4) is 0 Å². The molecule has 2 aliphatic rings. The third-order valence-corrected chi connectivity index (χ3v) is 7.45. The molecule has 0 bridgehead atoms. The maximum Gasteiger partial charge on any atom is 0.410 e. The smallest absolute Gasteiger partial charge is 0.410 e. The molecule has 1 aliphatic heterocycles. The minimum Gasteiger partial charge on any atom is -0.480 e. The summed E-state index contributed by atoms with van der Waals surface area (Å²) in [6.07, 6.45) is 6.21. The van der Waals surface area contributed by atoms with Crippen molar-refractivity contribution in [2.24, 2.45) is 11.8 Å². The molecule has 8 heteroatoms. The van der Waals surface area contributed by atoms with Gasteiger partial charge in [-0.05, 0) is 74.5 Å². The largest absolute Gasteiger partial charge is 0.480 e. The number of piperidine rings is 1. The number of nitrogens with one attached hydrogen (secondary N) is 1. The Morgan fingerprint density at radius 3 is 2.61 bits per heavy atom. The first-order valence-electron chi connectivity index (χ1n) is 13.6. The molecule has 1 aromatic carbocycles. The van der Waals surface area contributed by atoms with E-state index in [-0.39, 0.29) is 30.6 Å². The number of carboxylic acids is 1. The molecular formula is C28H44FN3O4. The highest BCUT2D eigenvalue weighted by molar-refractivity contribution is 5.73. The van der Waals surface area contributed by atoms with Crippen molar-refractivity contribution in [3.63, 3.8) is 0 Å². The van der Waals surface area contributed by atoms with Gasteiger partial charge in [-0.3, -0.25) is 4.79 Å². The highest BCUT2D eigenvalue weighted by Gasteiger charge is 2.33. The summed E-state index contributed by atoms with van der Waals surface area (Å²) in [6.45, 7) is 9.84. The Morgan fingerprint density at radius 2 is 1.97 bits per heavy atom. The van der Waals surface area contributed by atoms with Crippen molar-refractivity contribution in [2.45, 2.75) is 90.4 Å². The minimum absolute atomic E-state index is 0.0758. The molecule has 202 valence electrons. The highest BCUT2D eigenvalue weighted by Crippen LogP contribution is 2.29. The van der Waals surface area contributed by atoms with Gasteiger partial charge in [-0.2, -0.15) is 0 Å². The summed E-state index contributed by atoms with van der Waals surface area (Å²) in [4.78, 5) is 28.8. The fraction of sp³-hybridized carbons (Fsp3) is 0.714. The number of ether oxygens (including phenoxy) is 1. The predicted octanol–water partition coefficient (Wildman–Crippen LogP) is 4.90. The molecule has 1 aromatic rings. The van der Waals surface area contributed by atoms with Crippen LogP contribution in [0.25, 0.3) is 0 Å². The lowest BCUT2D eigenvalue weighted by molar-refractivity contribution is -0.140. The summed E-state index contributed by atoms with van der Waals surface area (Å²) in [5, 5.41) is 12.9. The normalized spacial score (nSPS) is 22.0. The van der Waals surface area contributed by atoms with Gasteiger partial charge in [0.2, 0.25) is 0 Å². The van der Waals surface area contributed by atoms with E-state index < -0.39 is 12.0 Å². The highest BCUT2D eigenvalue weighted by atomic mass is 19.1. The monoisotopic (exact) mass is 505 g/mol. The van der Waals surface area contributed by atoms with E-state index >= 15 is 0 Å². The number of rotatable bonds is 12. The quantitative estimate of drug-likeness (QED) is 0.421. The third kappa shape index (κ3) is 8.73. The molecule has 2 N–H and O–H groups in total. The second-order valence-electron chi connectivity index (χ2n) is 11.0. The lowest BCUT2D eigenvalue weighted by atomic mass is 10.00. The number of amides is 1. The van der Waals surface area contributed by atoms with Crippen LogP contribution in [-0.2, 0) is 16.1 Å². The summed E-state index contributed by atoms with van der Waals surface area (Å²) in [6, 6.07) is 6.13. The molecule has 2 unspecified atom stereocenters. The van der Waals surface area contributed by atoms with Crippen LogP contribution in [0.4, 0.5) is 9.18 Å². The van der Waals surface area contributed by atoms with E-state index in [2.05, 4.69) is 31.0 Å². The van der Waals surface area contributed by atoms with E-state index in [4.69, 9.17) is 4.74 Å². The molecule has 0 radical (unpaired) electrons. The van der Waals surface area contributed by atoms with E-state index in [1.54, 1.807) is 12.1 Å². The fourth-order valence-electron chi connectivity index (χ4n) is 5.69. The Kier molecular flexibility index (Phi) is 11.0. The molecule has 1 saturated heterocycles. The number of carboxylic acid groups (broad SMARTS) is 1. The van der Waals surface area contributed by atoms with E-state index in [0.29, 0.717) is 30.4 Å². The number of halogens is 1. The van der Waals surface area contributed by atoms with Gasteiger partial charge in [0.1, 0.15) is 18.5 Å². The van der Waals surface area contributed by atoms with Gasteiger partial charge >= 0.3 is 12.1 Å². The Balaban J connectivity index is 1.43. The van der Waals surface area contributed by atoms with Gasteiger partial charge in [0.15, 0.2) is 0 Å². The van der Waals surface area contributed by atoms with E-state index in [0.717, 1.165) is 58.2 Å². The summed E-state index contributed by atoms with van der Waals surface area (Å²) >= 11 is 0. The molecular weight excluding hydrogens is 461 g/mol. The zero-order valence-corrected chi connectivity index (χ0v) is 22.1. The Hall–Kier alpha value is -2.19. The first-order chi connectivity index (χ1) is 17.2. The van der Waals surface area contributed by atoms with Crippen LogP contribution >= 0.6 is 0 Å². The van der Waals surface area contributed by atoms with Gasteiger partial charge < -0.3 is 25.0 Å². The maximum atomic E-state index is 13.4. The number of likely N-dealkylation sites (tertiary alicyclic amines) is 1. The molecule has 2 fully saturated rings. The first-order valence-corrected chi connectivity index (χ1v) is 13.6. The zero-order valence-electron chi connectivity index (χ0n) is 22.1. The Morgan fingerprint density at radius 1 is 1.22 bits per heavy atom. The van der Waals surface area contributed by atoms with Gasteiger partial charge in [0.05, 0.1) is 0 Å². The number of carbonyl (C=O) groups excluding carboxylic acids is 1. The Bertz CT molecular complexity index is 844. The van der Waals surface area contributed by atoms with Crippen LogP contribution in [0.15, 0.2) is 24.3 Å². The Labute approximate surface area is 215 Å². The lowest BCUT2D eigenvalue weighted by Crippen LogP contribution is -2.48. The topological polar surface area (TPSA) is 82.1 Å². The van der Waals surface area contributed by atoms with Gasteiger partial charge in [-0.25, -0.2) is 9.18 Å². The average Bonchev–Trinajstić information content (AvgIpc) is 3.27. The van der Waals surface area contributed by atoms with Crippen molar-refractivity contribution in [1.29, 1.82) is 0 Å². The maximum absolute atomic E-state index is 13.4. The summed E-state index contributed by atoms with van der Waals surface area (Å²) in [7, 11) is 0. The molecule has 7 nitrogen and oxygen atoms in total. The van der Waals surface area contributed by atoms with Crippen LogP contribution in [0.2, 0.25) is 0 Å². The van der Waals surface area contributed by atoms with E-state index in [1.165, 1.54) is 12.1 Å². The van der Waals surface area contributed by atoms with Crippen LogP contribution < -0.4 is 5.32 Å². The van der Waals surface area contributed by atoms with Crippen LogP contribution in [0, 0.1) is 17.7 Å². The van der Waals surface area contributed by atoms with Crippen molar-refractivity contribution in [2.75, 3.05) is 26.2 Å². The number of carbonyl (C=O) groups is 2. The van der Waals surface area contributed by atoms with Crippen LogP contribution in [0.5, 0.6) is 0 Å². The predicted molar refractivity (Wildman–Crippen MR) is 138 cm³/mol. The minimum atomic E-state index is -0.750. The molecule has 0 aromatic heterocycles. The average molecular weight is 506 g/mol. The second-order valence-corrected chi connectivity index (χ2v) is 11.0. The molecule has 3 atom stereocenters. The molecule has 1 heterocycles. The number of benzene rings is 1. The summed E-state index contributed by atoms with van der Waals surface area (Å²) in [5.74, 6) is -0.151. The third-order valence-electron chi connectivity index (χ3n) is 7.45. The molecule has 3 rings (SSSR count). The number of hydrogen-bond donors (Lipinski definition) is 2. The number of aliphatic carboxylic acids is 1. The van der Waals surface area contributed by atoms with E-state index in [9.17, 15) is 19.1 Å². The van der Waals surface area contributed by atoms with E-state index in [1.807, 2.05) is 4.90 Å². The van der Waals surface area contributed by atoms with Crippen molar-refractivity contribution in [1.82, 2.24) is 15.1 Å². The standard InChI is InChI=1S/C28H44FN3O4/c1-4-12-32(28(35)36-19-22-6-5-7-23(29)16-22)25-10-13-31(14-11-25)18-21-8-9-24(17-21)30-26(27(33)34)15-20(2)3/h5-7,16,20-21,24-26,30H,4,8-15,17-19H2,1-3H3,(H,33,34)/t21-,24?,26?/m1/s1.